The monoisotopic (exact) mass is 311 g/mol. The fourth-order valence-corrected chi connectivity index (χ4v) is 3.27. The maximum atomic E-state index is 11.2. The molecule has 5 heteroatoms. The van der Waals surface area contributed by atoms with Crippen molar-refractivity contribution in [3.63, 3.8) is 0 Å². The summed E-state index contributed by atoms with van der Waals surface area (Å²) in [7, 11) is 0. The Bertz CT molecular complexity index is 667. The molecular weight excluding hydrogens is 290 g/mol. The number of aromatic nitrogens is 2. The molecule has 3 heterocycles. The third-order valence-corrected chi connectivity index (χ3v) is 4.55. The summed E-state index contributed by atoms with van der Waals surface area (Å²) in [6.45, 7) is 3.58. The minimum absolute atomic E-state index is 0.0274. The van der Waals surface area contributed by atoms with Gasteiger partial charge >= 0.3 is 5.97 Å². The van der Waals surface area contributed by atoms with Crippen molar-refractivity contribution < 1.29 is 9.90 Å². The van der Waals surface area contributed by atoms with Crippen LogP contribution in [0.25, 0.3) is 0 Å². The number of aliphatic carboxylic acids is 1. The Kier molecular flexibility index (Phi) is 4.67. The molecule has 2 aromatic heterocycles. The van der Waals surface area contributed by atoms with Crippen molar-refractivity contribution >= 4 is 5.97 Å². The Balaban J connectivity index is 1.91. The first-order chi connectivity index (χ1) is 11.2. The van der Waals surface area contributed by atoms with Crippen LogP contribution in [-0.4, -0.2) is 39.0 Å². The maximum absolute atomic E-state index is 11.2. The highest BCUT2D eigenvalue weighted by molar-refractivity contribution is 5.70. The quantitative estimate of drug-likeness (QED) is 0.940. The number of likely N-dealkylation sites (tertiary alicyclic amines) is 1. The molecule has 0 bridgehead atoms. The lowest BCUT2D eigenvalue weighted by molar-refractivity contribution is -0.143. The Hall–Kier alpha value is -2.27. The molecule has 0 amide bonds. The van der Waals surface area contributed by atoms with Crippen LogP contribution >= 0.6 is 0 Å². The summed E-state index contributed by atoms with van der Waals surface area (Å²) in [4.78, 5) is 22.4. The van der Waals surface area contributed by atoms with Crippen molar-refractivity contribution in [2.24, 2.45) is 5.92 Å². The van der Waals surface area contributed by atoms with E-state index < -0.39 is 5.97 Å². The van der Waals surface area contributed by atoms with Crippen molar-refractivity contribution in [2.45, 2.75) is 25.8 Å². The number of carboxylic acids is 1. The molecule has 0 radical (unpaired) electrons. The zero-order valence-corrected chi connectivity index (χ0v) is 13.2. The molecule has 0 spiro atoms. The Morgan fingerprint density at radius 2 is 2.00 bits per heavy atom. The van der Waals surface area contributed by atoms with Crippen molar-refractivity contribution in [2.75, 3.05) is 13.1 Å². The van der Waals surface area contributed by atoms with Gasteiger partial charge in [-0.1, -0.05) is 12.1 Å². The second-order valence-electron chi connectivity index (χ2n) is 6.04. The van der Waals surface area contributed by atoms with Gasteiger partial charge in [0.1, 0.15) is 0 Å². The number of carboxylic acid groups (broad SMARTS) is 1. The van der Waals surface area contributed by atoms with Gasteiger partial charge in [0.05, 0.1) is 17.7 Å². The molecule has 0 saturated carbocycles. The molecule has 3 rings (SSSR count). The van der Waals surface area contributed by atoms with Gasteiger partial charge in [0.25, 0.3) is 0 Å². The number of hydrogen-bond acceptors (Lipinski definition) is 4. The highest BCUT2D eigenvalue weighted by Crippen LogP contribution is 2.32. The van der Waals surface area contributed by atoms with Gasteiger partial charge in [-0.25, -0.2) is 0 Å². The topological polar surface area (TPSA) is 66.3 Å². The van der Waals surface area contributed by atoms with Gasteiger partial charge in [0, 0.05) is 18.6 Å². The molecule has 1 unspecified atom stereocenters. The van der Waals surface area contributed by atoms with E-state index in [1.807, 2.05) is 24.5 Å². The number of aryl methyl sites for hydroxylation is 1. The summed E-state index contributed by atoms with van der Waals surface area (Å²) in [6.07, 6.45) is 6.82. The summed E-state index contributed by atoms with van der Waals surface area (Å²) in [6, 6.07) is 8.03. The van der Waals surface area contributed by atoms with E-state index in [-0.39, 0.29) is 12.0 Å². The van der Waals surface area contributed by atoms with Gasteiger partial charge in [0.15, 0.2) is 0 Å². The number of carbonyl (C=O) groups is 1. The molecule has 23 heavy (non-hydrogen) atoms. The summed E-state index contributed by atoms with van der Waals surface area (Å²) < 4.78 is 0. The minimum atomic E-state index is -0.684. The zero-order valence-electron chi connectivity index (χ0n) is 13.2. The zero-order chi connectivity index (χ0) is 16.2. The summed E-state index contributed by atoms with van der Waals surface area (Å²) >= 11 is 0. The normalized spacial score (nSPS) is 17.8. The second-order valence-corrected chi connectivity index (χ2v) is 6.04. The molecule has 1 fully saturated rings. The van der Waals surface area contributed by atoms with Gasteiger partial charge < -0.3 is 5.11 Å². The van der Waals surface area contributed by atoms with Gasteiger partial charge in [-0.3, -0.25) is 19.7 Å². The van der Waals surface area contributed by atoms with Gasteiger partial charge in [0.2, 0.25) is 0 Å². The predicted octanol–water partition coefficient (Wildman–Crippen LogP) is 2.67. The summed E-state index contributed by atoms with van der Waals surface area (Å²) in [5.74, 6) is -0.915. The smallest absolute Gasteiger partial charge is 0.306 e. The van der Waals surface area contributed by atoms with Crippen LogP contribution in [-0.2, 0) is 4.79 Å². The van der Waals surface area contributed by atoms with Crippen LogP contribution < -0.4 is 0 Å². The highest BCUT2D eigenvalue weighted by atomic mass is 16.4. The summed E-state index contributed by atoms with van der Waals surface area (Å²) in [5.41, 5.74) is 3.26. The first-order valence-corrected chi connectivity index (χ1v) is 7.95. The second kappa shape index (κ2) is 6.87. The number of hydrogen-bond donors (Lipinski definition) is 1. The standard InChI is InChI=1S/C18H21N3O2/c1-13-4-2-9-20-16(13)17(15-5-3-8-19-12-15)21-10-6-14(7-11-21)18(22)23/h2-5,8-9,12,14,17H,6-7,10-11H2,1H3,(H,22,23). The number of nitrogens with zero attached hydrogens (tertiary/aromatic N) is 3. The Labute approximate surface area is 136 Å². The molecule has 120 valence electrons. The third kappa shape index (κ3) is 3.40. The molecule has 1 aliphatic heterocycles. The van der Waals surface area contributed by atoms with Crippen molar-refractivity contribution in [3.8, 4) is 0 Å². The van der Waals surface area contributed by atoms with E-state index in [0.29, 0.717) is 12.8 Å². The van der Waals surface area contributed by atoms with Crippen LogP contribution in [0.5, 0.6) is 0 Å². The van der Waals surface area contributed by atoms with E-state index in [1.165, 1.54) is 0 Å². The number of rotatable bonds is 4. The van der Waals surface area contributed by atoms with Crippen molar-refractivity contribution in [3.05, 3.63) is 59.7 Å². The largest absolute Gasteiger partial charge is 0.481 e. The lowest BCUT2D eigenvalue weighted by Crippen LogP contribution is -2.39. The molecule has 0 aromatic carbocycles. The van der Waals surface area contributed by atoms with E-state index in [1.54, 1.807) is 6.20 Å². The lowest BCUT2D eigenvalue weighted by Gasteiger charge is -2.36. The van der Waals surface area contributed by atoms with Crippen LogP contribution in [0.2, 0.25) is 0 Å². The van der Waals surface area contributed by atoms with Crippen LogP contribution in [0, 0.1) is 12.8 Å². The molecule has 1 aliphatic rings. The van der Waals surface area contributed by atoms with Gasteiger partial charge in [-0.2, -0.15) is 0 Å². The van der Waals surface area contributed by atoms with Crippen molar-refractivity contribution in [1.82, 2.24) is 14.9 Å². The van der Waals surface area contributed by atoms with E-state index in [0.717, 1.165) is 29.9 Å². The van der Waals surface area contributed by atoms with Crippen LogP contribution in [0.1, 0.15) is 35.7 Å². The first kappa shape index (κ1) is 15.6. The Morgan fingerprint density at radius 1 is 1.26 bits per heavy atom. The molecular formula is C18H21N3O2. The molecule has 0 aliphatic carbocycles. The fraction of sp³-hybridized carbons (Fsp3) is 0.389. The number of pyridine rings is 2. The van der Waals surface area contributed by atoms with Crippen LogP contribution in [0.15, 0.2) is 42.9 Å². The van der Waals surface area contributed by atoms with E-state index in [4.69, 9.17) is 0 Å². The van der Waals surface area contributed by atoms with Crippen LogP contribution in [0.3, 0.4) is 0 Å². The SMILES string of the molecule is Cc1cccnc1C(c1cccnc1)N1CCC(C(=O)O)CC1. The van der Waals surface area contributed by atoms with E-state index in [2.05, 4.69) is 33.9 Å². The maximum Gasteiger partial charge on any atom is 0.306 e. The predicted molar refractivity (Wildman–Crippen MR) is 87.0 cm³/mol. The fourth-order valence-electron chi connectivity index (χ4n) is 3.27. The van der Waals surface area contributed by atoms with E-state index >= 15 is 0 Å². The van der Waals surface area contributed by atoms with Gasteiger partial charge in [-0.05, 0) is 56.1 Å². The average molecular weight is 311 g/mol. The van der Waals surface area contributed by atoms with E-state index in [9.17, 15) is 9.90 Å². The highest BCUT2D eigenvalue weighted by Gasteiger charge is 2.31. The number of piperidine rings is 1. The molecule has 1 saturated heterocycles. The molecule has 5 nitrogen and oxygen atoms in total. The lowest BCUT2D eigenvalue weighted by atomic mass is 9.92. The molecule has 1 N–H and O–H groups in total. The van der Waals surface area contributed by atoms with Crippen molar-refractivity contribution in [1.29, 1.82) is 0 Å². The molecule has 1 atom stereocenters. The van der Waals surface area contributed by atoms with Gasteiger partial charge in [-0.15, -0.1) is 0 Å². The first-order valence-electron chi connectivity index (χ1n) is 7.95. The summed E-state index contributed by atoms with van der Waals surface area (Å²) in [5, 5.41) is 9.20. The third-order valence-electron chi connectivity index (χ3n) is 4.55. The average Bonchev–Trinajstić information content (AvgIpc) is 2.58. The molecule has 2 aromatic rings. The van der Waals surface area contributed by atoms with Crippen LogP contribution in [0.4, 0.5) is 0 Å². The Morgan fingerprint density at radius 3 is 2.61 bits per heavy atom. The minimum Gasteiger partial charge on any atom is -0.481 e.